The number of aryl methyl sites for hydroxylation is 1. The summed E-state index contributed by atoms with van der Waals surface area (Å²) >= 11 is 0. The Morgan fingerprint density at radius 1 is 1.24 bits per heavy atom. The summed E-state index contributed by atoms with van der Waals surface area (Å²) in [6.45, 7) is 8.92. The average Bonchev–Trinajstić information content (AvgIpc) is 3.22. The Kier molecular flexibility index (Phi) is 6.18. The van der Waals surface area contributed by atoms with Crippen LogP contribution in [-0.4, -0.2) is 60.0 Å². The highest BCUT2D eigenvalue weighted by molar-refractivity contribution is 5.92. The number of benzene rings is 2. The average molecular weight is 513 g/mol. The molecule has 2 heterocycles. The molecule has 6 nitrogen and oxygen atoms in total. The topological polar surface area (TPSA) is 59.1 Å². The van der Waals surface area contributed by atoms with E-state index in [4.69, 9.17) is 9.47 Å². The zero-order chi connectivity index (χ0) is 26.6. The van der Waals surface area contributed by atoms with Crippen LogP contribution in [0.2, 0.25) is 0 Å². The molecular formula is C32H36N2O4. The van der Waals surface area contributed by atoms with Crippen molar-refractivity contribution in [1.29, 1.82) is 0 Å². The number of rotatable bonds is 6. The second-order valence-electron chi connectivity index (χ2n) is 11.4. The van der Waals surface area contributed by atoms with Crippen LogP contribution in [0.15, 0.2) is 60.9 Å². The molecule has 5 atom stereocenters. The second kappa shape index (κ2) is 9.42. The lowest BCUT2D eigenvalue weighted by molar-refractivity contribution is -0.139. The number of hydrogen-bond donors (Lipinski definition) is 0. The van der Waals surface area contributed by atoms with Crippen LogP contribution in [0.5, 0.6) is 5.75 Å². The van der Waals surface area contributed by atoms with Gasteiger partial charge in [-0.05, 0) is 68.3 Å². The molecule has 0 unspecified atom stereocenters. The number of likely N-dealkylation sites (N-methyl/N-ethyl adjacent to an activating group) is 1. The van der Waals surface area contributed by atoms with Crippen molar-refractivity contribution in [3.8, 4) is 5.75 Å². The molecule has 2 aliphatic heterocycles. The Morgan fingerprint density at radius 3 is 2.84 bits per heavy atom. The van der Waals surface area contributed by atoms with E-state index in [2.05, 4.69) is 48.7 Å². The summed E-state index contributed by atoms with van der Waals surface area (Å²) in [5.74, 6) is 1.61. The highest BCUT2D eigenvalue weighted by atomic mass is 16.5. The van der Waals surface area contributed by atoms with E-state index in [0.29, 0.717) is 24.3 Å². The standard InChI is InChI=1S/C32H36N2O4/c1-20-7-5-8-23(17-20)11-14-29(36)33(4)26-13-12-25-27-18-24-9-6-10-28-30(24)32(25,31(26)38-28)15-16-34(27)19-21(2)37-22(3)35/h5-11,14,17,25-27,31H,2,12-13,15-16,18-19H2,1,3-4H3/t25-,26+,27+,31-,32-/m0/s1. The van der Waals surface area contributed by atoms with Gasteiger partial charge in [-0.25, -0.2) is 0 Å². The van der Waals surface area contributed by atoms with Crippen LogP contribution in [0.3, 0.4) is 0 Å². The van der Waals surface area contributed by atoms with Gasteiger partial charge in [-0.1, -0.05) is 48.5 Å². The number of likely N-dealkylation sites (tertiary alicyclic amines) is 1. The first-order chi connectivity index (χ1) is 18.3. The minimum Gasteiger partial charge on any atom is -0.487 e. The van der Waals surface area contributed by atoms with E-state index in [9.17, 15) is 9.59 Å². The zero-order valence-corrected chi connectivity index (χ0v) is 22.5. The number of nitrogens with zero attached hydrogens (tertiary/aromatic N) is 2. The Balaban J connectivity index is 1.29. The molecule has 198 valence electrons. The Bertz CT molecular complexity index is 1330. The normalized spacial score (nSPS) is 28.9. The van der Waals surface area contributed by atoms with E-state index >= 15 is 0 Å². The van der Waals surface area contributed by atoms with E-state index < -0.39 is 0 Å². The fraction of sp³-hybridized carbons (Fsp3) is 0.438. The van der Waals surface area contributed by atoms with Crippen molar-refractivity contribution in [1.82, 2.24) is 9.80 Å². The van der Waals surface area contributed by atoms with E-state index in [1.807, 2.05) is 30.2 Å². The molecule has 1 spiro atoms. The third-order valence-electron chi connectivity index (χ3n) is 9.27. The van der Waals surface area contributed by atoms with Crippen LogP contribution in [-0.2, 0) is 26.2 Å². The first-order valence-corrected chi connectivity index (χ1v) is 13.7. The van der Waals surface area contributed by atoms with Gasteiger partial charge in [-0.3, -0.25) is 14.5 Å². The fourth-order valence-corrected chi connectivity index (χ4v) is 7.85. The lowest BCUT2D eigenvalue weighted by Crippen LogP contribution is -2.69. The number of amides is 1. The monoisotopic (exact) mass is 512 g/mol. The Labute approximate surface area is 224 Å². The quantitative estimate of drug-likeness (QED) is 0.320. The molecule has 2 aliphatic carbocycles. The van der Waals surface area contributed by atoms with Crippen molar-refractivity contribution in [2.75, 3.05) is 20.1 Å². The minimum absolute atomic E-state index is 0.00229. The van der Waals surface area contributed by atoms with Gasteiger partial charge in [0.05, 0.1) is 12.6 Å². The number of hydrogen-bond acceptors (Lipinski definition) is 5. The summed E-state index contributed by atoms with van der Waals surface area (Å²) in [7, 11) is 1.93. The molecule has 1 amide bonds. The second-order valence-corrected chi connectivity index (χ2v) is 11.4. The van der Waals surface area contributed by atoms with Gasteiger partial charge in [0.25, 0.3) is 0 Å². The van der Waals surface area contributed by atoms with Gasteiger partial charge in [0.1, 0.15) is 17.6 Å². The van der Waals surface area contributed by atoms with Crippen molar-refractivity contribution < 1.29 is 19.1 Å². The van der Waals surface area contributed by atoms with E-state index in [1.54, 1.807) is 6.08 Å². The first-order valence-electron chi connectivity index (χ1n) is 13.7. The van der Waals surface area contributed by atoms with Gasteiger partial charge >= 0.3 is 5.97 Å². The maximum absolute atomic E-state index is 13.4. The Morgan fingerprint density at radius 2 is 2.05 bits per heavy atom. The number of carbonyl (C=O) groups excluding carboxylic acids is 2. The van der Waals surface area contributed by atoms with Gasteiger partial charge in [0, 0.05) is 37.1 Å². The Hall–Kier alpha value is -3.38. The van der Waals surface area contributed by atoms with Crippen LogP contribution >= 0.6 is 0 Å². The molecule has 6 heteroatoms. The van der Waals surface area contributed by atoms with Crippen LogP contribution < -0.4 is 4.74 Å². The van der Waals surface area contributed by atoms with Crippen molar-refractivity contribution in [2.45, 2.75) is 63.1 Å². The smallest absolute Gasteiger partial charge is 0.307 e. The molecule has 4 aliphatic rings. The molecule has 0 aromatic heterocycles. The van der Waals surface area contributed by atoms with Crippen LogP contribution in [0.4, 0.5) is 0 Å². The van der Waals surface area contributed by atoms with E-state index in [1.165, 1.54) is 23.6 Å². The van der Waals surface area contributed by atoms with E-state index in [-0.39, 0.29) is 29.4 Å². The van der Waals surface area contributed by atoms with Gasteiger partial charge in [-0.15, -0.1) is 0 Å². The molecule has 0 radical (unpaired) electrons. The lowest BCUT2D eigenvalue weighted by Gasteiger charge is -2.60. The number of carbonyl (C=O) groups is 2. The van der Waals surface area contributed by atoms with Crippen molar-refractivity contribution in [3.63, 3.8) is 0 Å². The van der Waals surface area contributed by atoms with Crippen molar-refractivity contribution >= 4 is 18.0 Å². The molecule has 2 aromatic carbocycles. The number of esters is 1. The molecule has 2 bridgehead atoms. The summed E-state index contributed by atoms with van der Waals surface area (Å²) in [6, 6.07) is 14.9. The molecule has 0 N–H and O–H groups in total. The summed E-state index contributed by atoms with van der Waals surface area (Å²) in [5, 5.41) is 0. The van der Waals surface area contributed by atoms with E-state index in [0.717, 1.165) is 43.5 Å². The van der Waals surface area contributed by atoms with Gasteiger partial charge in [-0.2, -0.15) is 0 Å². The first kappa shape index (κ1) is 24.9. The molecular weight excluding hydrogens is 476 g/mol. The third kappa shape index (κ3) is 3.97. The largest absolute Gasteiger partial charge is 0.487 e. The van der Waals surface area contributed by atoms with Crippen LogP contribution in [0, 0.1) is 12.8 Å². The molecule has 2 fully saturated rings. The van der Waals surface area contributed by atoms with Gasteiger partial charge < -0.3 is 14.4 Å². The van der Waals surface area contributed by atoms with Crippen molar-refractivity contribution in [3.05, 3.63) is 83.1 Å². The predicted octanol–water partition coefficient (Wildman–Crippen LogP) is 4.65. The highest BCUT2D eigenvalue weighted by Gasteiger charge is 2.65. The van der Waals surface area contributed by atoms with Gasteiger partial charge in [0.15, 0.2) is 0 Å². The maximum atomic E-state index is 13.4. The molecule has 6 rings (SSSR count). The SMILES string of the molecule is C=C(CN1CC[C@]23c4c5cccc4O[C@H]2[C@H](N(C)C(=O)C=Cc2cccc(C)c2)CC[C@H]3[C@H]1C5)OC(C)=O. The summed E-state index contributed by atoms with van der Waals surface area (Å²) in [4.78, 5) is 29.2. The van der Waals surface area contributed by atoms with Gasteiger partial charge in [0.2, 0.25) is 5.91 Å². The van der Waals surface area contributed by atoms with Crippen molar-refractivity contribution in [2.24, 2.45) is 5.92 Å². The minimum atomic E-state index is -0.323. The maximum Gasteiger partial charge on any atom is 0.307 e. The number of ether oxygens (including phenoxy) is 2. The summed E-state index contributed by atoms with van der Waals surface area (Å²) in [6.07, 6.45) is 7.36. The van der Waals surface area contributed by atoms with Crippen LogP contribution in [0.25, 0.3) is 6.08 Å². The summed E-state index contributed by atoms with van der Waals surface area (Å²) < 4.78 is 12.1. The molecule has 1 saturated carbocycles. The third-order valence-corrected chi connectivity index (χ3v) is 9.27. The zero-order valence-electron chi connectivity index (χ0n) is 22.5. The lowest BCUT2D eigenvalue weighted by atomic mass is 9.51. The molecule has 38 heavy (non-hydrogen) atoms. The predicted molar refractivity (Wildman–Crippen MR) is 147 cm³/mol. The molecule has 1 saturated heterocycles. The molecule has 2 aromatic rings. The highest BCUT2D eigenvalue weighted by Crippen LogP contribution is 2.62. The fourth-order valence-electron chi connectivity index (χ4n) is 7.85. The van der Waals surface area contributed by atoms with Crippen LogP contribution in [0.1, 0.15) is 48.4 Å². The number of piperidine rings is 1. The summed E-state index contributed by atoms with van der Waals surface area (Å²) in [5.41, 5.74) is 4.83.